The van der Waals surface area contributed by atoms with Crippen molar-refractivity contribution in [2.45, 2.75) is 46.7 Å². The number of amides is 1. The van der Waals surface area contributed by atoms with Crippen LogP contribution in [0.4, 0.5) is 0 Å². The third-order valence-corrected chi connectivity index (χ3v) is 2.56. The second kappa shape index (κ2) is 5.22. The average Bonchev–Trinajstić information content (AvgIpc) is 2.24. The van der Waals surface area contributed by atoms with Crippen LogP contribution in [0.1, 0.15) is 37.6 Å². The molecule has 0 spiro atoms. The molecular formula is C13H18N4O2. The van der Waals surface area contributed by atoms with E-state index >= 15 is 0 Å². The van der Waals surface area contributed by atoms with Gasteiger partial charge >= 0.3 is 0 Å². The van der Waals surface area contributed by atoms with Crippen LogP contribution in [0, 0.1) is 25.2 Å². The molecule has 1 heterocycles. The van der Waals surface area contributed by atoms with Gasteiger partial charge in [0.1, 0.15) is 18.2 Å². The van der Waals surface area contributed by atoms with Crippen molar-refractivity contribution in [1.29, 1.82) is 5.26 Å². The maximum Gasteiger partial charge on any atom is 0.285 e. The van der Waals surface area contributed by atoms with Crippen molar-refractivity contribution < 1.29 is 4.79 Å². The molecule has 102 valence electrons. The second-order valence-corrected chi connectivity index (χ2v) is 5.46. The lowest BCUT2D eigenvalue weighted by Crippen LogP contribution is -2.44. The summed E-state index contributed by atoms with van der Waals surface area (Å²) in [5, 5.41) is 15.8. The number of carbonyl (C=O) groups is 1. The number of hydrogen-bond acceptors (Lipinski definition) is 4. The first-order valence-corrected chi connectivity index (χ1v) is 5.95. The molecule has 6 nitrogen and oxygen atoms in total. The lowest BCUT2D eigenvalue weighted by atomic mass is 10.1. The summed E-state index contributed by atoms with van der Waals surface area (Å²) < 4.78 is 1.03. The molecule has 0 aliphatic carbocycles. The zero-order chi connectivity index (χ0) is 14.8. The number of nitrogens with zero attached hydrogens (tertiary/aromatic N) is 3. The molecule has 0 bridgehead atoms. The number of hydrogen-bond donors (Lipinski definition) is 1. The molecule has 6 heteroatoms. The molecule has 1 rings (SSSR count). The van der Waals surface area contributed by atoms with Crippen molar-refractivity contribution >= 4 is 5.91 Å². The number of aromatic nitrogens is 2. The molecule has 19 heavy (non-hydrogen) atoms. The normalized spacial score (nSPS) is 10.9. The van der Waals surface area contributed by atoms with Crippen LogP contribution in [0.15, 0.2) is 4.79 Å². The first-order chi connectivity index (χ1) is 8.65. The van der Waals surface area contributed by atoms with Gasteiger partial charge in [0, 0.05) is 5.54 Å². The van der Waals surface area contributed by atoms with Crippen LogP contribution in [0.5, 0.6) is 0 Å². The van der Waals surface area contributed by atoms with Crippen molar-refractivity contribution in [2.75, 3.05) is 0 Å². The van der Waals surface area contributed by atoms with Gasteiger partial charge in [-0.1, -0.05) is 0 Å². The van der Waals surface area contributed by atoms with Gasteiger partial charge in [-0.15, -0.1) is 0 Å². The van der Waals surface area contributed by atoms with E-state index in [0.717, 1.165) is 4.68 Å². The smallest absolute Gasteiger partial charge is 0.285 e. The van der Waals surface area contributed by atoms with Crippen LogP contribution < -0.4 is 10.9 Å². The van der Waals surface area contributed by atoms with Gasteiger partial charge < -0.3 is 5.32 Å². The Morgan fingerprint density at radius 3 is 2.47 bits per heavy atom. The predicted molar refractivity (Wildman–Crippen MR) is 70.6 cm³/mol. The van der Waals surface area contributed by atoms with Gasteiger partial charge in [0.15, 0.2) is 0 Å². The largest absolute Gasteiger partial charge is 0.350 e. The Labute approximate surface area is 112 Å². The molecule has 0 radical (unpaired) electrons. The Morgan fingerprint density at radius 1 is 1.42 bits per heavy atom. The number of nitriles is 1. The van der Waals surface area contributed by atoms with Gasteiger partial charge in [-0.05, 0) is 40.2 Å². The fourth-order valence-corrected chi connectivity index (χ4v) is 1.60. The highest BCUT2D eigenvalue weighted by Gasteiger charge is 2.17. The Bertz CT molecular complexity index is 603. The Balaban J connectivity index is 3.11. The summed E-state index contributed by atoms with van der Waals surface area (Å²) in [6.07, 6.45) is 0. The van der Waals surface area contributed by atoms with Crippen LogP contribution in [0.3, 0.4) is 0 Å². The van der Waals surface area contributed by atoms with Gasteiger partial charge in [-0.2, -0.15) is 10.4 Å². The van der Waals surface area contributed by atoms with Crippen LogP contribution in [0.2, 0.25) is 0 Å². The highest BCUT2D eigenvalue weighted by atomic mass is 16.2. The molecule has 1 amide bonds. The summed E-state index contributed by atoms with van der Waals surface area (Å²) in [4.78, 5) is 23.8. The van der Waals surface area contributed by atoms with Gasteiger partial charge in [-0.25, -0.2) is 4.68 Å². The average molecular weight is 262 g/mol. The third kappa shape index (κ3) is 3.65. The molecule has 0 saturated heterocycles. The van der Waals surface area contributed by atoms with Crippen molar-refractivity contribution in [2.24, 2.45) is 0 Å². The maximum atomic E-state index is 12.0. The van der Waals surface area contributed by atoms with Gasteiger partial charge in [-0.3, -0.25) is 9.59 Å². The van der Waals surface area contributed by atoms with Gasteiger partial charge in [0.25, 0.3) is 5.56 Å². The van der Waals surface area contributed by atoms with E-state index in [1.165, 1.54) is 0 Å². The highest BCUT2D eigenvalue weighted by molar-refractivity contribution is 5.76. The minimum absolute atomic E-state index is 0.0380. The molecule has 1 aromatic rings. The first-order valence-electron chi connectivity index (χ1n) is 5.95. The molecule has 0 fully saturated rings. The molecule has 0 aliphatic rings. The van der Waals surface area contributed by atoms with E-state index in [0.29, 0.717) is 11.3 Å². The number of aryl methyl sites for hydroxylation is 1. The van der Waals surface area contributed by atoms with Crippen LogP contribution in [-0.4, -0.2) is 21.2 Å². The van der Waals surface area contributed by atoms with E-state index in [9.17, 15) is 9.59 Å². The molecular weight excluding hydrogens is 244 g/mol. The minimum atomic E-state index is -0.533. The lowest BCUT2D eigenvalue weighted by molar-refractivity contribution is -0.123. The summed E-state index contributed by atoms with van der Waals surface area (Å²) >= 11 is 0. The van der Waals surface area contributed by atoms with Crippen LogP contribution >= 0.6 is 0 Å². The summed E-state index contributed by atoms with van der Waals surface area (Å²) in [5.74, 6) is -0.311. The Hall–Kier alpha value is -2.16. The summed E-state index contributed by atoms with van der Waals surface area (Å²) in [6.45, 7) is 8.73. The SMILES string of the molecule is Cc1nn(CC(=O)NC(C)(C)C)c(=O)c(C#N)c1C. The summed E-state index contributed by atoms with van der Waals surface area (Å²) in [6, 6.07) is 1.86. The molecule has 0 saturated carbocycles. The summed E-state index contributed by atoms with van der Waals surface area (Å²) in [7, 11) is 0. The lowest BCUT2D eigenvalue weighted by Gasteiger charge is -2.20. The monoisotopic (exact) mass is 262 g/mol. The number of nitrogens with one attached hydrogen (secondary N) is 1. The Morgan fingerprint density at radius 2 is 2.00 bits per heavy atom. The quantitative estimate of drug-likeness (QED) is 0.847. The van der Waals surface area contributed by atoms with E-state index in [1.807, 2.05) is 26.8 Å². The molecule has 0 aromatic carbocycles. The highest BCUT2D eigenvalue weighted by Crippen LogP contribution is 2.04. The fraction of sp³-hybridized carbons (Fsp3) is 0.538. The maximum absolute atomic E-state index is 12.0. The predicted octanol–water partition coefficient (Wildman–Crippen LogP) is 0.647. The van der Waals surface area contributed by atoms with E-state index in [1.54, 1.807) is 13.8 Å². The second-order valence-electron chi connectivity index (χ2n) is 5.46. The van der Waals surface area contributed by atoms with Crippen molar-refractivity contribution in [3.8, 4) is 6.07 Å². The molecule has 0 unspecified atom stereocenters. The molecule has 1 aromatic heterocycles. The molecule has 0 aliphatic heterocycles. The topological polar surface area (TPSA) is 87.8 Å². The van der Waals surface area contributed by atoms with E-state index in [-0.39, 0.29) is 23.6 Å². The molecule has 1 N–H and O–H groups in total. The zero-order valence-electron chi connectivity index (χ0n) is 11.9. The third-order valence-electron chi connectivity index (χ3n) is 2.56. The van der Waals surface area contributed by atoms with E-state index < -0.39 is 5.56 Å². The van der Waals surface area contributed by atoms with Gasteiger partial charge in [0.2, 0.25) is 5.91 Å². The summed E-state index contributed by atoms with van der Waals surface area (Å²) in [5.41, 5.74) is 0.254. The Kier molecular flexibility index (Phi) is 4.10. The van der Waals surface area contributed by atoms with Crippen molar-refractivity contribution in [3.63, 3.8) is 0 Å². The molecule has 0 atom stereocenters. The fourth-order valence-electron chi connectivity index (χ4n) is 1.60. The van der Waals surface area contributed by atoms with E-state index in [4.69, 9.17) is 5.26 Å². The zero-order valence-corrected chi connectivity index (χ0v) is 11.9. The van der Waals surface area contributed by atoms with Crippen molar-refractivity contribution in [1.82, 2.24) is 15.1 Å². The number of carbonyl (C=O) groups excluding carboxylic acids is 1. The van der Waals surface area contributed by atoms with Crippen LogP contribution in [-0.2, 0) is 11.3 Å². The standard InChI is InChI=1S/C13H18N4O2/c1-8-9(2)16-17(12(19)10(8)6-14)7-11(18)15-13(3,4)5/h7H2,1-5H3,(H,15,18). The van der Waals surface area contributed by atoms with Gasteiger partial charge in [0.05, 0.1) is 5.69 Å². The first kappa shape index (κ1) is 14.9. The van der Waals surface area contributed by atoms with Crippen molar-refractivity contribution in [3.05, 3.63) is 27.2 Å². The number of rotatable bonds is 2. The van der Waals surface area contributed by atoms with Crippen LogP contribution in [0.25, 0.3) is 0 Å². The minimum Gasteiger partial charge on any atom is -0.350 e. The van der Waals surface area contributed by atoms with E-state index in [2.05, 4.69) is 10.4 Å².